The molecule has 3 rings (SSSR count). The zero-order chi connectivity index (χ0) is 16.2. The summed E-state index contributed by atoms with van der Waals surface area (Å²) < 4.78 is 6.65. The molecule has 1 amide bonds. The van der Waals surface area contributed by atoms with Gasteiger partial charge < -0.3 is 10.5 Å². The first-order valence-electron chi connectivity index (χ1n) is 7.49. The molecule has 0 saturated carbocycles. The number of rotatable bonds is 5. The minimum Gasteiger partial charge on any atom is -0.364 e. The lowest BCUT2D eigenvalue weighted by molar-refractivity contribution is -0.126. The van der Waals surface area contributed by atoms with Crippen molar-refractivity contribution in [2.75, 3.05) is 11.9 Å². The Kier molecular flexibility index (Phi) is 5.42. The third kappa shape index (κ3) is 4.38. The van der Waals surface area contributed by atoms with Crippen LogP contribution in [0.25, 0.3) is 0 Å². The number of thiazole rings is 1. The lowest BCUT2D eigenvalue weighted by Crippen LogP contribution is -2.29. The highest BCUT2D eigenvalue weighted by Crippen LogP contribution is 2.24. The molecular formula is C16H18BrN3O2S. The second kappa shape index (κ2) is 7.53. The molecule has 0 spiro atoms. The molecule has 2 aromatic rings. The number of carbonyl (C=O) groups is 1. The van der Waals surface area contributed by atoms with Crippen molar-refractivity contribution in [3.8, 4) is 0 Å². The number of carbonyl (C=O) groups excluding carboxylic acids is 1. The molecule has 122 valence electrons. The summed E-state index contributed by atoms with van der Waals surface area (Å²) in [6.45, 7) is 0.456. The molecule has 1 saturated heterocycles. The summed E-state index contributed by atoms with van der Waals surface area (Å²) in [4.78, 5) is 17.6. The fraction of sp³-hybridized carbons (Fsp3) is 0.375. The molecule has 23 heavy (non-hydrogen) atoms. The minimum absolute atomic E-state index is 0.00543. The van der Waals surface area contributed by atoms with Crippen molar-refractivity contribution in [1.29, 1.82) is 0 Å². The lowest BCUT2D eigenvalue weighted by atomic mass is 10.1. The Morgan fingerprint density at radius 3 is 3.09 bits per heavy atom. The first-order valence-corrected chi connectivity index (χ1v) is 9.10. The van der Waals surface area contributed by atoms with Crippen LogP contribution >= 0.6 is 27.3 Å². The van der Waals surface area contributed by atoms with Gasteiger partial charge in [-0.3, -0.25) is 10.1 Å². The Bertz CT molecular complexity index is 691. The molecule has 3 N–H and O–H groups in total. The number of hydrogen-bond donors (Lipinski definition) is 2. The normalized spacial score (nSPS) is 20.6. The van der Waals surface area contributed by atoms with E-state index in [1.54, 1.807) is 6.20 Å². The molecule has 1 aromatic carbocycles. The van der Waals surface area contributed by atoms with Crippen LogP contribution in [0.15, 0.2) is 34.9 Å². The molecular weight excluding hydrogens is 378 g/mol. The summed E-state index contributed by atoms with van der Waals surface area (Å²) >= 11 is 4.96. The van der Waals surface area contributed by atoms with E-state index in [9.17, 15) is 4.79 Å². The second-order valence-electron chi connectivity index (χ2n) is 5.49. The predicted molar refractivity (Wildman–Crippen MR) is 94.6 cm³/mol. The van der Waals surface area contributed by atoms with Crippen LogP contribution in [0.4, 0.5) is 5.13 Å². The average Bonchev–Trinajstić information content (AvgIpc) is 3.16. The molecule has 1 aliphatic heterocycles. The van der Waals surface area contributed by atoms with Gasteiger partial charge in [-0.15, -0.1) is 11.3 Å². The van der Waals surface area contributed by atoms with Crippen LogP contribution in [0.5, 0.6) is 0 Å². The van der Waals surface area contributed by atoms with Gasteiger partial charge in [-0.1, -0.05) is 28.1 Å². The number of anilines is 1. The SMILES string of the molecule is NC[C@H]1CC[C@@H](C(=O)Nc2ncc(Cc3cccc(Br)c3)s2)O1. The number of nitrogens with two attached hydrogens (primary N) is 1. The Morgan fingerprint density at radius 1 is 1.48 bits per heavy atom. The van der Waals surface area contributed by atoms with Crippen molar-refractivity contribution in [1.82, 2.24) is 4.98 Å². The van der Waals surface area contributed by atoms with Crippen LogP contribution in [0.1, 0.15) is 23.3 Å². The van der Waals surface area contributed by atoms with E-state index >= 15 is 0 Å². The van der Waals surface area contributed by atoms with Gasteiger partial charge in [0.25, 0.3) is 5.91 Å². The van der Waals surface area contributed by atoms with Crippen molar-refractivity contribution in [2.45, 2.75) is 31.5 Å². The maximum Gasteiger partial charge on any atom is 0.255 e. The van der Waals surface area contributed by atoms with Crippen LogP contribution in [0.2, 0.25) is 0 Å². The third-order valence-electron chi connectivity index (χ3n) is 3.71. The molecule has 2 heterocycles. The fourth-order valence-corrected chi connectivity index (χ4v) is 3.85. The zero-order valence-corrected chi connectivity index (χ0v) is 14.9. The number of ether oxygens (including phenoxy) is 1. The average molecular weight is 396 g/mol. The summed E-state index contributed by atoms with van der Waals surface area (Å²) in [6.07, 6.45) is 3.72. The molecule has 0 radical (unpaired) electrons. The van der Waals surface area contributed by atoms with Crippen molar-refractivity contribution in [2.24, 2.45) is 5.73 Å². The van der Waals surface area contributed by atoms with E-state index in [1.807, 2.05) is 12.1 Å². The van der Waals surface area contributed by atoms with E-state index in [-0.39, 0.29) is 12.0 Å². The maximum absolute atomic E-state index is 12.2. The van der Waals surface area contributed by atoms with E-state index in [1.165, 1.54) is 16.9 Å². The molecule has 7 heteroatoms. The fourth-order valence-electron chi connectivity index (χ4n) is 2.55. The largest absolute Gasteiger partial charge is 0.364 e. The summed E-state index contributed by atoms with van der Waals surface area (Å²) in [5.41, 5.74) is 6.77. The van der Waals surface area contributed by atoms with Crippen LogP contribution in [-0.2, 0) is 16.0 Å². The highest BCUT2D eigenvalue weighted by Gasteiger charge is 2.30. The summed E-state index contributed by atoms with van der Waals surface area (Å²) in [5, 5.41) is 3.45. The Morgan fingerprint density at radius 2 is 2.35 bits per heavy atom. The second-order valence-corrected chi connectivity index (χ2v) is 7.52. The van der Waals surface area contributed by atoms with E-state index < -0.39 is 6.10 Å². The van der Waals surface area contributed by atoms with Gasteiger partial charge in [-0.2, -0.15) is 0 Å². The smallest absolute Gasteiger partial charge is 0.255 e. The van der Waals surface area contributed by atoms with Gasteiger partial charge in [0.05, 0.1) is 6.10 Å². The van der Waals surface area contributed by atoms with Gasteiger partial charge in [-0.05, 0) is 30.5 Å². The van der Waals surface area contributed by atoms with E-state index in [2.05, 4.69) is 38.4 Å². The molecule has 1 fully saturated rings. The van der Waals surface area contributed by atoms with Crippen LogP contribution in [0, 0.1) is 0 Å². The highest BCUT2D eigenvalue weighted by atomic mass is 79.9. The van der Waals surface area contributed by atoms with Gasteiger partial charge in [0.2, 0.25) is 0 Å². The Labute approximate surface area is 147 Å². The quantitative estimate of drug-likeness (QED) is 0.815. The maximum atomic E-state index is 12.2. The topological polar surface area (TPSA) is 77.2 Å². The monoisotopic (exact) mass is 395 g/mol. The van der Waals surface area contributed by atoms with Crippen LogP contribution < -0.4 is 11.1 Å². The van der Waals surface area contributed by atoms with Crippen LogP contribution in [-0.4, -0.2) is 29.6 Å². The first kappa shape index (κ1) is 16.6. The third-order valence-corrected chi connectivity index (χ3v) is 5.12. The van der Waals surface area contributed by atoms with Gasteiger partial charge in [-0.25, -0.2) is 4.98 Å². The number of benzene rings is 1. The van der Waals surface area contributed by atoms with E-state index in [4.69, 9.17) is 10.5 Å². The van der Waals surface area contributed by atoms with Crippen LogP contribution in [0.3, 0.4) is 0 Å². The summed E-state index contributed by atoms with van der Waals surface area (Å²) in [5.74, 6) is -0.135. The molecule has 1 aliphatic rings. The number of amides is 1. The lowest BCUT2D eigenvalue weighted by Gasteiger charge is -2.11. The number of halogens is 1. The van der Waals surface area contributed by atoms with Gasteiger partial charge in [0.1, 0.15) is 6.10 Å². The standard InChI is InChI=1S/C16H18BrN3O2S/c17-11-3-1-2-10(6-11)7-13-9-19-16(23-13)20-15(21)14-5-4-12(8-18)22-14/h1-3,6,9,12,14H,4-5,7-8,18H2,(H,19,20,21)/t12-,14+/m1/s1. The van der Waals surface area contributed by atoms with E-state index in [0.717, 1.165) is 22.2 Å². The van der Waals surface area contributed by atoms with Crippen molar-refractivity contribution < 1.29 is 9.53 Å². The molecule has 0 unspecified atom stereocenters. The van der Waals surface area contributed by atoms with Gasteiger partial charge in [0.15, 0.2) is 5.13 Å². The summed E-state index contributed by atoms with van der Waals surface area (Å²) in [7, 11) is 0. The predicted octanol–water partition coefficient (Wildman–Crippen LogP) is 2.94. The molecule has 0 aliphatic carbocycles. The molecule has 2 atom stereocenters. The van der Waals surface area contributed by atoms with Crippen molar-refractivity contribution in [3.63, 3.8) is 0 Å². The number of hydrogen-bond acceptors (Lipinski definition) is 5. The number of aromatic nitrogens is 1. The Balaban J connectivity index is 1.58. The molecule has 0 bridgehead atoms. The Hall–Kier alpha value is -1.28. The van der Waals surface area contributed by atoms with Gasteiger partial charge >= 0.3 is 0 Å². The summed E-state index contributed by atoms with van der Waals surface area (Å²) in [6, 6.07) is 8.16. The number of nitrogens with zero attached hydrogens (tertiary/aromatic N) is 1. The van der Waals surface area contributed by atoms with E-state index in [0.29, 0.717) is 18.1 Å². The van der Waals surface area contributed by atoms with Gasteiger partial charge in [0, 0.05) is 28.5 Å². The number of nitrogens with one attached hydrogen (secondary N) is 1. The highest BCUT2D eigenvalue weighted by molar-refractivity contribution is 9.10. The molecule has 5 nitrogen and oxygen atoms in total. The minimum atomic E-state index is -0.416. The molecule has 1 aromatic heterocycles. The first-order chi connectivity index (χ1) is 11.1. The van der Waals surface area contributed by atoms with Crippen molar-refractivity contribution >= 4 is 38.3 Å². The zero-order valence-electron chi connectivity index (χ0n) is 12.5. The van der Waals surface area contributed by atoms with Crippen molar-refractivity contribution in [3.05, 3.63) is 45.4 Å².